The van der Waals surface area contributed by atoms with Gasteiger partial charge in [0, 0.05) is 0 Å². The molecule has 0 unspecified atom stereocenters. The van der Waals surface area contributed by atoms with Crippen LogP contribution in [0.2, 0.25) is 0 Å². The van der Waals surface area contributed by atoms with Crippen LogP contribution in [0.15, 0.2) is 194 Å². The fourth-order valence-electron chi connectivity index (χ4n) is 10.5. The van der Waals surface area contributed by atoms with E-state index in [2.05, 4.69) is 194 Å². The first-order valence-corrected chi connectivity index (χ1v) is 19.6. The summed E-state index contributed by atoms with van der Waals surface area (Å²) in [6.45, 7) is 0. The maximum Gasteiger partial charge on any atom is -0.00199 e. The van der Waals surface area contributed by atoms with Crippen LogP contribution in [0.3, 0.4) is 0 Å². The summed E-state index contributed by atoms with van der Waals surface area (Å²) in [6, 6.07) is 72.9. The molecule has 2 aliphatic rings. The fraction of sp³-hybridized carbons (Fsp3) is 0. The minimum Gasteiger partial charge on any atom is -0.0616 e. The van der Waals surface area contributed by atoms with E-state index in [-0.39, 0.29) is 0 Å². The average molecular weight is 705 g/mol. The molecule has 0 fully saturated rings. The molecule has 0 heterocycles. The van der Waals surface area contributed by atoms with Crippen LogP contribution in [0, 0.1) is 0 Å². The Balaban J connectivity index is 1.18. The Morgan fingerprint density at radius 3 is 1.16 bits per heavy atom. The number of rotatable bonds is 3. The van der Waals surface area contributed by atoms with Crippen molar-refractivity contribution >= 4 is 53.9 Å². The molecule has 0 aliphatic heterocycles. The SMILES string of the molecule is c1ccc2c(c1)-c1cccc3c(-c4c5ccccc5c(-c5ccc6c7c(cccc57)-c5ccccc5-6)c5cc(-c6cccc7ccccc67)ccc45)ccc-2c13. The van der Waals surface area contributed by atoms with Gasteiger partial charge in [-0.3, -0.25) is 0 Å². The Labute approximate surface area is 324 Å². The van der Waals surface area contributed by atoms with Gasteiger partial charge in [-0.2, -0.15) is 0 Å². The molecule has 2 aliphatic carbocycles. The summed E-state index contributed by atoms with van der Waals surface area (Å²) in [4.78, 5) is 0. The third kappa shape index (κ3) is 3.93. The topological polar surface area (TPSA) is 0 Å². The van der Waals surface area contributed by atoms with Gasteiger partial charge in [-0.05, 0) is 138 Å². The van der Waals surface area contributed by atoms with E-state index in [9.17, 15) is 0 Å². The molecule has 0 heteroatoms. The van der Waals surface area contributed by atoms with Crippen LogP contribution in [-0.4, -0.2) is 0 Å². The van der Waals surface area contributed by atoms with Crippen molar-refractivity contribution in [1.29, 1.82) is 0 Å². The first-order valence-electron chi connectivity index (χ1n) is 19.6. The highest BCUT2D eigenvalue weighted by Crippen LogP contribution is 2.54. The predicted octanol–water partition coefficient (Wildman–Crippen LogP) is 15.7. The van der Waals surface area contributed by atoms with E-state index in [4.69, 9.17) is 0 Å². The van der Waals surface area contributed by atoms with E-state index in [1.807, 2.05) is 0 Å². The summed E-state index contributed by atoms with van der Waals surface area (Å²) in [7, 11) is 0. The normalized spacial score (nSPS) is 12.3. The molecule has 0 aromatic heterocycles. The molecule has 13 rings (SSSR count). The first-order chi connectivity index (χ1) is 27.8. The van der Waals surface area contributed by atoms with Crippen LogP contribution in [-0.2, 0) is 0 Å². The lowest BCUT2D eigenvalue weighted by Crippen LogP contribution is -1.94. The van der Waals surface area contributed by atoms with Gasteiger partial charge in [0.25, 0.3) is 0 Å². The second-order valence-corrected chi connectivity index (χ2v) is 15.5. The molecule has 11 aromatic carbocycles. The zero-order valence-corrected chi connectivity index (χ0v) is 30.5. The zero-order chi connectivity index (χ0) is 36.5. The summed E-state index contributed by atoms with van der Waals surface area (Å²) in [5.74, 6) is 0. The van der Waals surface area contributed by atoms with Gasteiger partial charge >= 0.3 is 0 Å². The van der Waals surface area contributed by atoms with Crippen LogP contribution in [0.5, 0.6) is 0 Å². The van der Waals surface area contributed by atoms with Gasteiger partial charge < -0.3 is 0 Å². The van der Waals surface area contributed by atoms with Gasteiger partial charge in [0.2, 0.25) is 0 Å². The van der Waals surface area contributed by atoms with E-state index in [0.717, 1.165) is 0 Å². The molecule has 256 valence electrons. The Kier molecular flexibility index (Phi) is 5.98. The standard InChI is InChI=1S/C56H32/c1-2-14-35-33(12-1)13-9-21-36(35)34-26-27-51-52(32-34)56(50-31-29-48-40-18-6-4-16-38(40)42-23-11-25-46(50)54(42)48)44-20-8-7-19-43(44)55(51)49-30-28-47-39-17-5-3-15-37(39)41-22-10-24-45(49)53(41)47/h1-32H. The molecule has 0 atom stereocenters. The Morgan fingerprint density at radius 1 is 0.196 bits per heavy atom. The number of hydrogen-bond donors (Lipinski definition) is 0. The summed E-state index contributed by atoms with van der Waals surface area (Å²) in [5, 5.41) is 12.9. The molecule has 0 saturated heterocycles. The third-order valence-electron chi connectivity index (χ3n) is 12.8. The van der Waals surface area contributed by atoms with E-state index in [1.165, 1.54) is 132 Å². The van der Waals surface area contributed by atoms with E-state index >= 15 is 0 Å². The second-order valence-electron chi connectivity index (χ2n) is 15.5. The summed E-state index contributed by atoms with van der Waals surface area (Å²) < 4.78 is 0. The second kappa shape index (κ2) is 11.1. The van der Waals surface area contributed by atoms with Gasteiger partial charge in [0.05, 0.1) is 0 Å². The highest BCUT2D eigenvalue weighted by atomic mass is 14.3. The molecule has 0 saturated carbocycles. The lowest BCUT2D eigenvalue weighted by Gasteiger charge is -2.21. The van der Waals surface area contributed by atoms with Crippen molar-refractivity contribution in [3.8, 4) is 77.9 Å². The van der Waals surface area contributed by atoms with Crippen molar-refractivity contribution in [3.63, 3.8) is 0 Å². The highest BCUT2D eigenvalue weighted by molar-refractivity contribution is 6.29. The molecular weight excluding hydrogens is 673 g/mol. The van der Waals surface area contributed by atoms with Gasteiger partial charge in [-0.25, -0.2) is 0 Å². The Morgan fingerprint density at radius 2 is 0.571 bits per heavy atom. The lowest BCUT2D eigenvalue weighted by molar-refractivity contribution is 1.67. The molecule has 0 N–H and O–H groups in total. The number of benzene rings is 11. The van der Waals surface area contributed by atoms with E-state index in [0.29, 0.717) is 0 Å². The molecule has 0 bridgehead atoms. The van der Waals surface area contributed by atoms with Crippen molar-refractivity contribution in [2.24, 2.45) is 0 Å². The average Bonchev–Trinajstić information content (AvgIpc) is 3.77. The Bertz CT molecular complexity index is 3460. The van der Waals surface area contributed by atoms with Crippen molar-refractivity contribution in [3.05, 3.63) is 194 Å². The molecular formula is C56H32. The van der Waals surface area contributed by atoms with Crippen LogP contribution in [0.4, 0.5) is 0 Å². The molecule has 0 spiro atoms. The van der Waals surface area contributed by atoms with Crippen LogP contribution in [0.25, 0.3) is 132 Å². The maximum atomic E-state index is 2.48. The third-order valence-corrected chi connectivity index (χ3v) is 12.8. The largest absolute Gasteiger partial charge is 0.0616 e. The van der Waals surface area contributed by atoms with Crippen molar-refractivity contribution < 1.29 is 0 Å². The van der Waals surface area contributed by atoms with Crippen LogP contribution < -0.4 is 0 Å². The number of fused-ring (bicyclic) bond motifs is 9. The minimum absolute atomic E-state index is 1.23. The van der Waals surface area contributed by atoms with Crippen molar-refractivity contribution in [2.45, 2.75) is 0 Å². The summed E-state index contributed by atoms with van der Waals surface area (Å²) in [6.07, 6.45) is 0. The van der Waals surface area contributed by atoms with Gasteiger partial charge in [-0.15, -0.1) is 0 Å². The quantitative estimate of drug-likeness (QED) is 0.161. The smallest absolute Gasteiger partial charge is 0.00199 e. The molecule has 0 amide bonds. The van der Waals surface area contributed by atoms with Crippen molar-refractivity contribution in [2.75, 3.05) is 0 Å². The highest BCUT2D eigenvalue weighted by Gasteiger charge is 2.27. The predicted molar refractivity (Wildman–Crippen MR) is 239 cm³/mol. The monoisotopic (exact) mass is 704 g/mol. The molecule has 0 radical (unpaired) electrons. The van der Waals surface area contributed by atoms with Crippen LogP contribution in [0.1, 0.15) is 0 Å². The summed E-state index contributed by atoms with van der Waals surface area (Å²) in [5.41, 5.74) is 18.2. The van der Waals surface area contributed by atoms with Crippen LogP contribution >= 0.6 is 0 Å². The van der Waals surface area contributed by atoms with Crippen molar-refractivity contribution in [1.82, 2.24) is 0 Å². The van der Waals surface area contributed by atoms with E-state index < -0.39 is 0 Å². The van der Waals surface area contributed by atoms with Gasteiger partial charge in [-0.1, -0.05) is 188 Å². The van der Waals surface area contributed by atoms with Gasteiger partial charge in [0.15, 0.2) is 0 Å². The maximum absolute atomic E-state index is 2.48. The molecule has 11 aromatic rings. The molecule has 0 nitrogen and oxygen atoms in total. The fourth-order valence-corrected chi connectivity index (χ4v) is 10.5. The van der Waals surface area contributed by atoms with E-state index in [1.54, 1.807) is 0 Å². The minimum atomic E-state index is 1.23. The molecule has 56 heavy (non-hydrogen) atoms. The lowest BCUT2D eigenvalue weighted by atomic mass is 9.82. The summed E-state index contributed by atoms with van der Waals surface area (Å²) >= 11 is 0. The first kappa shape index (κ1) is 30.1. The van der Waals surface area contributed by atoms with Gasteiger partial charge in [0.1, 0.15) is 0 Å². The Hall–Kier alpha value is -7.28. The number of hydrogen-bond acceptors (Lipinski definition) is 0. The zero-order valence-electron chi connectivity index (χ0n) is 30.5.